The van der Waals surface area contributed by atoms with Gasteiger partial charge in [-0.15, -0.1) is 0 Å². The van der Waals surface area contributed by atoms with Crippen molar-refractivity contribution in [2.45, 2.75) is 25.7 Å². The molecule has 0 spiro atoms. The van der Waals surface area contributed by atoms with Crippen LogP contribution in [0.25, 0.3) is 0 Å². The summed E-state index contributed by atoms with van der Waals surface area (Å²) in [7, 11) is 0. The first-order valence-electron chi connectivity index (χ1n) is 5.57. The maximum Gasteiger partial charge on any atom is 0.0503 e. The third-order valence-electron chi connectivity index (χ3n) is 2.92. The van der Waals surface area contributed by atoms with Crippen LogP contribution in [0.1, 0.15) is 25.7 Å². The number of nitrogen functional groups attached to an aromatic ring is 1. The topological polar surface area (TPSA) is 29.3 Å². The summed E-state index contributed by atoms with van der Waals surface area (Å²) in [6.07, 6.45) is 5.39. The zero-order chi connectivity index (χ0) is 10.7. The van der Waals surface area contributed by atoms with Gasteiger partial charge in [-0.2, -0.15) is 0 Å². The molecule has 1 saturated heterocycles. The van der Waals surface area contributed by atoms with Crippen molar-refractivity contribution in [3.05, 3.63) is 21.8 Å². The van der Waals surface area contributed by atoms with Crippen LogP contribution in [0.15, 0.2) is 18.2 Å². The summed E-state index contributed by atoms with van der Waals surface area (Å²) < 4.78 is 1.27. The van der Waals surface area contributed by atoms with Crippen LogP contribution >= 0.6 is 22.6 Å². The second-order valence-electron chi connectivity index (χ2n) is 4.11. The first kappa shape index (κ1) is 11.0. The minimum absolute atomic E-state index is 0.859. The summed E-state index contributed by atoms with van der Waals surface area (Å²) in [4.78, 5) is 2.49. The van der Waals surface area contributed by atoms with Crippen LogP contribution in [0.5, 0.6) is 0 Å². The average molecular weight is 316 g/mol. The predicted molar refractivity (Wildman–Crippen MR) is 74.3 cm³/mol. The zero-order valence-electron chi connectivity index (χ0n) is 8.88. The van der Waals surface area contributed by atoms with Gasteiger partial charge in [-0.1, -0.05) is 12.8 Å². The van der Waals surface area contributed by atoms with Crippen molar-refractivity contribution in [1.29, 1.82) is 0 Å². The fourth-order valence-corrected chi connectivity index (χ4v) is 2.97. The Morgan fingerprint density at radius 2 is 1.73 bits per heavy atom. The molecule has 1 aromatic carbocycles. The van der Waals surface area contributed by atoms with Crippen molar-refractivity contribution in [3.63, 3.8) is 0 Å². The van der Waals surface area contributed by atoms with Crippen LogP contribution < -0.4 is 10.6 Å². The van der Waals surface area contributed by atoms with Gasteiger partial charge in [0.25, 0.3) is 0 Å². The van der Waals surface area contributed by atoms with E-state index >= 15 is 0 Å². The minimum atomic E-state index is 0.859. The summed E-state index contributed by atoms with van der Waals surface area (Å²) in [5, 5.41) is 0. The number of benzene rings is 1. The van der Waals surface area contributed by atoms with E-state index in [1.54, 1.807) is 0 Å². The van der Waals surface area contributed by atoms with Gasteiger partial charge in [0.15, 0.2) is 0 Å². The molecule has 0 unspecified atom stereocenters. The Labute approximate surface area is 105 Å². The molecule has 0 radical (unpaired) electrons. The Morgan fingerprint density at radius 1 is 1.07 bits per heavy atom. The van der Waals surface area contributed by atoms with Crippen molar-refractivity contribution in [1.82, 2.24) is 0 Å². The molecule has 3 heteroatoms. The van der Waals surface area contributed by atoms with Crippen molar-refractivity contribution in [2.75, 3.05) is 23.7 Å². The Bertz CT molecular complexity index is 330. The second-order valence-corrected chi connectivity index (χ2v) is 5.27. The summed E-state index contributed by atoms with van der Waals surface area (Å²) in [5.41, 5.74) is 7.98. The van der Waals surface area contributed by atoms with Crippen molar-refractivity contribution in [2.24, 2.45) is 0 Å². The Morgan fingerprint density at radius 3 is 2.33 bits per heavy atom. The number of hydrogen-bond acceptors (Lipinski definition) is 2. The van der Waals surface area contributed by atoms with E-state index in [0.29, 0.717) is 0 Å². The first-order valence-corrected chi connectivity index (χ1v) is 6.65. The first-order chi connectivity index (χ1) is 7.27. The molecule has 1 heterocycles. The molecule has 0 saturated carbocycles. The highest BCUT2D eigenvalue weighted by Gasteiger charge is 2.12. The molecule has 1 aliphatic rings. The maximum absolute atomic E-state index is 5.76. The lowest BCUT2D eigenvalue weighted by Crippen LogP contribution is -2.24. The van der Waals surface area contributed by atoms with Crippen molar-refractivity contribution < 1.29 is 0 Å². The van der Waals surface area contributed by atoms with Gasteiger partial charge >= 0.3 is 0 Å². The van der Waals surface area contributed by atoms with Gasteiger partial charge in [0, 0.05) is 22.3 Å². The van der Waals surface area contributed by atoms with E-state index in [9.17, 15) is 0 Å². The predicted octanol–water partition coefficient (Wildman–Crippen LogP) is 3.25. The number of anilines is 2. The van der Waals surface area contributed by atoms with Gasteiger partial charge in [-0.05, 0) is 53.6 Å². The summed E-state index contributed by atoms with van der Waals surface area (Å²) in [6.45, 7) is 2.39. The van der Waals surface area contributed by atoms with Crippen LogP contribution in [0.4, 0.5) is 11.4 Å². The molecule has 0 aromatic heterocycles. The third-order valence-corrected chi connectivity index (χ3v) is 3.78. The van der Waals surface area contributed by atoms with Gasteiger partial charge in [-0.25, -0.2) is 0 Å². The molecule has 1 aliphatic heterocycles. The smallest absolute Gasteiger partial charge is 0.0503 e. The Hall–Kier alpha value is -0.450. The molecule has 0 bridgehead atoms. The molecular formula is C12H17IN2. The standard InChI is InChI=1S/C12H17IN2/c13-11-9-10(14)5-6-12(11)15-7-3-1-2-4-8-15/h5-6,9H,1-4,7-8,14H2. The van der Waals surface area contributed by atoms with E-state index in [2.05, 4.69) is 39.6 Å². The molecule has 82 valence electrons. The van der Waals surface area contributed by atoms with E-state index in [-0.39, 0.29) is 0 Å². The van der Waals surface area contributed by atoms with Crippen molar-refractivity contribution >= 4 is 34.0 Å². The molecule has 1 fully saturated rings. The van der Waals surface area contributed by atoms with Gasteiger partial charge in [-0.3, -0.25) is 0 Å². The van der Waals surface area contributed by atoms with Crippen LogP contribution in [-0.4, -0.2) is 13.1 Å². The monoisotopic (exact) mass is 316 g/mol. The van der Waals surface area contributed by atoms with E-state index in [0.717, 1.165) is 5.69 Å². The fraction of sp³-hybridized carbons (Fsp3) is 0.500. The van der Waals surface area contributed by atoms with Gasteiger partial charge in [0.2, 0.25) is 0 Å². The van der Waals surface area contributed by atoms with Gasteiger partial charge < -0.3 is 10.6 Å². The largest absolute Gasteiger partial charge is 0.399 e. The van der Waals surface area contributed by atoms with E-state index in [4.69, 9.17) is 5.73 Å². The fourth-order valence-electron chi connectivity index (χ4n) is 2.09. The molecule has 1 aromatic rings. The maximum atomic E-state index is 5.76. The molecule has 2 N–H and O–H groups in total. The van der Waals surface area contributed by atoms with Crippen LogP contribution in [0, 0.1) is 3.57 Å². The van der Waals surface area contributed by atoms with E-state index in [1.165, 1.54) is 48.0 Å². The van der Waals surface area contributed by atoms with Crippen LogP contribution in [-0.2, 0) is 0 Å². The number of nitrogens with two attached hydrogens (primary N) is 1. The molecule has 2 rings (SSSR count). The normalized spacial score (nSPS) is 17.5. The van der Waals surface area contributed by atoms with E-state index < -0.39 is 0 Å². The van der Waals surface area contributed by atoms with Gasteiger partial charge in [0.05, 0.1) is 5.69 Å². The number of halogens is 1. The molecule has 0 amide bonds. The molecule has 15 heavy (non-hydrogen) atoms. The lowest BCUT2D eigenvalue weighted by atomic mass is 10.2. The highest BCUT2D eigenvalue weighted by atomic mass is 127. The highest BCUT2D eigenvalue weighted by Crippen LogP contribution is 2.26. The number of hydrogen-bond donors (Lipinski definition) is 1. The lowest BCUT2D eigenvalue weighted by Gasteiger charge is -2.24. The Kier molecular flexibility index (Phi) is 3.72. The SMILES string of the molecule is Nc1ccc(N2CCCCCC2)c(I)c1. The molecule has 0 aliphatic carbocycles. The average Bonchev–Trinajstić information content (AvgIpc) is 2.46. The van der Waals surface area contributed by atoms with Crippen molar-refractivity contribution in [3.8, 4) is 0 Å². The second kappa shape index (κ2) is 5.05. The molecule has 0 atom stereocenters. The van der Waals surface area contributed by atoms with Gasteiger partial charge in [0.1, 0.15) is 0 Å². The zero-order valence-corrected chi connectivity index (χ0v) is 11.0. The number of rotatable bonds is 1. The molecular weight excluding hydrogens is 299 g/mol. The van der Waals surface area contributed by atoms with Crippen LogP contribution in [0.3, 0.4) is 0 Å². The third kappa shape index (κ3) is 2.77. The molecule has 2 nitrogen and oxygen atoms in total. The quantitative estimate of drug-likeness (QED) is 0.636. The van der Waals surface area contributed by atoms with Crippen LogP contribution in [0.2, 0.25) is 0 Å². The Balaban J connectivity index is 2.19. The lowest BCUT2D eigenvalue weighted by molar-refractivity contribution is 0.726. The summed E-state index contributed by atoms with van der Waals surface area (Å²) in [5.74, 6) is 0. The number of nitrogens with zero attached hydrogens (tertiary/aromatic N) is 1. The minimum Gasteiger partial charge on any atom is -0.399 e. The summed E-state index contributed by atoms with van der Waals surface area (Å²) >= 11 is 2.38. The van der Waals surface area contributed by atoms with E-state index in [1.807, 2.05) is 6.07 Å². The summed E-state index contributed by atoms with van der Waals surface area (Å²) in [6, 6.07) is 6.21. The highest BCUT2D eigenvalue weighted by molar-refractivity contribution is 14.1.